The molecule has 5 heteroatoms. The molecule has 0 amide bonds. The molecule has 0 bridgehead atoms. The van der Waals surface area contributed by atoms with E-state index in [0.717, 1.165) is 0 Å². The van der Waals surface area contributed by atoms with Gasteiger partial charge in [-0.15, -0.1) is 0 Å². The molecule has 4 nitrogen and oxygen atoms in total. The Morgan fingerprint density at radius 2 is 1.83 bits per heavy atom. The summed E-state index contributed by atoms with van der Waals surface area (Å²) in [6, 6.07) is 10.6. The molecule has 3 aromatic rings. The molecule has 0 aliphatic heterocycles. The van der Waals surface area contributed by atoms with E-state index >= 15 is 0 Å². The van der Waals surface area contributed by atoms with Crippen molar-refractivity contribution in [1.82, 2.24) is 4.90 Å². The minimum absolute atomic E-state index is 0.0869. The van der Waals surface area contributed by atoms with Gasteiger partial charge in [-0.3, -0.25) is 0 Å². The smallest absolute Gasteiger partial charge is 0.344 e. The average molecular weight is 313 g/mol. The number of halogens is 1. The Morgan fingerprint density at radius 3 is 2.48 bits per heavy atom. The van der Waals surface area contributed by atoms with Gasteiger partial charge in [-0.2, -0.15) is 0 Å². The van der Waals surface area contributed by atoms with Gasteiger partial charge in [0.1, 0.15) is 17.1 Å². The van der Waals surface area contributed by atoms with Crippen molar-refractivity contribution in [3.8, 4) is 16.9 Å². The standard InChI is InChI=1S/C18H16FNO3/c1-20(2)10-15-16(21)8-5-12-9-14(18(22)23-17(12)15)11-3-6-13(19)7-4-11/h3-9,21H,10H2,1-2H3. The molecule has 23 heavy (non-hydrogen) atoms. The van der Waals surface area contributed by atoms with Crippen molar-refractivity contribution >= 4 is 11.0 Å². The Morgan fingerprint density at radius 1 is 1.13 bits per heavy atom. The molecule has 0 unspecified atom stereocenters. The largest absolute Gasteiger partial charge is 0.507 e. The predicted molar refractivity (Wildman–Crippen MR) is 86.9 cm³/mol. The lowest BCUT2D eigenvalue weighted by molar-refractivity contribution is 0.383. The molecule has 0 fully saturated rings. The van der Waals surface area contributed by atoms with Gasteiger partial charge in [-0.25, -0.2) is 9.18 Å². The van der Waals surface area contributed by atoms with Gasteiger partial charge in [0, 0.05) is 11.9 Å². The number of rotatable bonds is 3. The van der Waals surface area contributed by atoms with Crippen LogP contribution in [0.25, 0.3) is 22.1 Å². The number of aromatic hydroxyl groups is 1. The maximum Gasteiger partial charge on any atom is 0.344 e. The predicted octanol–water partition coefficient (Wildman–Crippen LogP) is 3.37. The minimum Gasteiger partial charge on any atom is -0.507 e. The SMILES string of the molecule is CN(C)Cc1c(O)ccc2cc(-c3ccc(F)cc3)c(=O)oc12. The van der Waals surface area contributed by atoms with Gasteiger partial charge in [0.05, 0.1) is 11.1 Å². The molecule has 0 aliphatic carbocycles. The Kier molecular flexibility index (Phi) is 3.88. The lowest BCUT2D eigenvalue weighted by atomic mass is 10.0. The van der Waals surface area contributed by atoms with Crippen LogP contribution >= 0.6 is 0 Å². The second-order valence-electron chi connectivity index (χ2n) is 5.67. The van der Waals surface area contributed by atoms with Crippen LogP contribution in [0.4, 0.5) is 4.39 Å². The number of benzene rings is 2. The van der Waals surface area contributed by atoms with E-state index in [1.807, 2.05) is 19.0 Å². The summed E-state index contributed by atoms with van der Waals surface area (Å²) in [6.45, 7) is 0.446. The number of hydrogen-bond acceptors (Lipinski definition) is 4. The molecule has 0 spiro atoms. The topological polar surface area (TPSA) is 53.7 Å². The number of hydrogen-bond donors (Lipinski definition) is 1. The van der Waals surface area contributed by atoms with Crippen molar-refractivity contribution in [3.05, 3.63) is 64.3 Å². The van der Waals surface area contributed by atoms with E-state index in [-0.39, 0.29) is 11.6 Å². The van der Waals surface area contributed by atoms with E-state index in [2.05, 4.69) is 0 Å². The van der Waals surface area contributed by atoms with Crippen molar-refractivity contribution in [2.75, 3.05) is 14.1 Å². The van der Waals surface area contributed by atoms with Gasteiger partial charge >= 0.3 is 5.63 Å². The molecule has 0 atom stereocenters. The van der Waals surface area contributed by atoms with Crippen molar-refractivity contribution in [2.24, 2.45) is 0 Å². The van der Waals surface area contributed by atoms with E-state index in [1.54, 1.807) is 18.2 Å². The summed E-state index contributed by atoms with van der Waals surface area (Å²) in [7, 11) is 3.73. The molecule has 2 aromatic carbocycles. The zero-order valence-electron chi connectivity index (χ0n) is 12.8. The summed E-state index contributed by atoms with van der Waals surface area (Å²) in [6.07, 6.45) is 0. The van der Waals surface area contributed by atoms with E-state index in [9.17, 15) is 14.3 Å². The van der Waals surface area contributed by atoms with E-state index in [1.165, 1.54) is 24.3 Å². The lowest BCUT2D eigenvalue weighted by Crippen LogP contribution is -2.12. The fourth-order valence-corrected chi connectivity index (χ4v) is 2.53. The number of fused-ring (bicyclic) bond motifs is 1. The average Bonchev–Trinajstić information content (AvgIpc) is 2.51. The van der Waals surface area contributed by atoms with Crippen LogP contribution in [0.15, 0.2) is 51.7 Å². The van der Waals surface area contributed by atoms with Crippen LogP contribution < -0.4 is 5.63 Å². The third kappa shape index (κ3) is 2.96. The van der Waals surface area contributed by atoms with Gasteiger partial charge in [0.2, 0.25) is 0 Å². The quantitative estimate of drug-likeness (QED) is 0.753. The summed E-state index contributed by atoms with van der Waals surface area (Å²) < 4.78 is 18.5. The second-order valence-corrected chi connectivity index (χ2v) is 5.67. The second kappa shape index (κ2) is 5.85. The fourth-order valence-electron chi connectivity index (χ4n) is 2.53. The van der Waals surface area contributed by atoms with Crippen molar-refractivity contribution in [3.63, 3.8) is 0 Å². The number of nitrogens with zero attached hydrogens (tertiary/aromatic N) is 1. The van der Waals surface area contributed by atoms with E-state index in [4.69, 9.17) is 4.42 Å². The molecule has 0 aliphatic rings. The van der Waals surface area contributed by atoms with Gasteiger partial charge in [0.25, 0.3) is 0 Å². The van der Waals surface area contributed by atoms with Gasteiger partial charge in [0.15, 0.2) is 0 Å². The molecule has 0 saturated heterocycles. The van der Waals surface area contributed by atoms with Crippen molar-refractivity contribution in [1.29, 1.82) is 0 Å². The van der Waals surface area contributed by atoms with Crippen LogP contribution in [0.3, 0.4) is 0 Å². The Labute approximate surface area is 132 Å². The van der Waals surface area contributed by atoms with Gasteiger partial charge < -0.3 is 14.4 Å². The molecule has 118 valence electrons. The molecular formula is C18H16FNO3. The summed E-state index contributed by atoms with van der Waals surface area (Å²) in [5.41, 5.74) is 1.36. The van der Waals surface area contributed by atoms with Crippen LogP contribution in [0, 0.1) is 5.82 Å². The Hall–Kier alpha value is -2.66. The summed E-state index contributed by atoms with van der Waals surface area (Å²) in [4.78, 5) is 14.2. The minimum atomic E-state index is -0.519. The van der Waals surface area contributed by atoms with Crippen LogP contribution in [-0.4, -0.2) is 24.1 Å². The fraction of sp³-hybridized carbons (Fsp3) is 0.167. The van der Waals surface area contributed by atoms with Crippen molar-refractivity contribution in [2.45, 2.75) is 6.54 Å². The van der Waals surface area contributed by atoms with E-state index < -0.39 is 5.63 Å². The van der Waals surface area contributed by atoms with Crippen molar-refractivity contribution < 1.29 is 13.9 Å². The van der Waals surface area contributed by atoms with E-state index in [0.29, 0.717) is 34.2 Å². The molecule has 0 saturated carbocycles. The zero-order valence-corrected chi connectivity index (χ0v) is 12.8. The first-order chi connectivity index (χ1) is 11.0. The summed E-state index contributed by atoms with van der Waals surface area (Å²) in [5.74, 6) is -0.277. The first-order valence-electron chi connectivity index (χ1n) is 7.15. The highest BCUT2D eigenvalue weighted by atomic mass is 19.1. The molecule has 1 heterocycles. The lowest BCUT2D eigenvalue weighted by Gasteiger charge is -2.13. The first kappa shape index (κ1) is 15.2. The highest BCUT2D eigenvalue weighted by molar-refractivity contribution is 5.85. The maximum atomic E-state index is 13.0. The molecule has 3 rings (SSSR count). The maximum absolute atomic E-state index is 13.0. The Balaban J connectivity index is 2.21. The molecular weight excluding hydrogens is 297 g/mol. The summed E-state index contributed by atoms with van der Waals surface area (Å²) in [5, 5.41) is 10.7. The highest BCUT2D eigenvalue weighted by Gasteiger charge is 2.14. The van der Waals surface area contributed by atoms with Gasteiger partial charge in [-0.05, 0) is 50.0 Å². The first-order valence-corrected chi connectivity index (χ1v) is 7.15. The highest BCUT2D eigenvalue weighted by Crippen LogP contribution is 2.29. The molecule has 0 radical (unpaired) electrons. The summed E-state index contributed by atoms with van der Waals surface area (Å²) >= 11 is 0. The van der Waals surface area contributed by atoms with Gasteiger partial charge in [-0.1, -0.05) is 12.1 Å². The third-order valence-corrected chi connectivity index (χ3v) is 3.61. The molecule has 1 aromatic heterocycles. The van der Waals surface area contributed by atoms with Crippen LogP contribution in [0.1, 0.15) is 5.56 Å². The number of phenolic OH excluding ortho intramolecular Hbond substituents is 1. The van der Waals surface area contributed by atoms with Crippen LogP contribution in [0.2, 0.25) is 0 Å². The zero-order chi connectivity index (χ0) is 16.6. The Bertz CT molecular complexity index is 914. The van der Waals surface area contributed by atoms with Crippen LogP contribution in [0.5, 0.6) is 5.75 Å². The third-order valence-electron chi connectivity index (χ3n) is 3.61. The monoisotopic (exact) mass is 313 g/mol. The normalized spacial score (nSPS) is 11.3. The number of phenols is 1. The van der Waals surface area contributed by atoms with Crippen LogP contribution in [-0.2, 0) is 6.54 Å². The molecule has 1 N–H and O–H groups in total.